The van der Waals surface area contributed by atoms with Crippen molar-refractivity contribution in [3.05, 3.63) is 50.4 Å². The van der Waals surface area contributed by atoms with Crippen LogP contribution in [0.5, 0.6) is 0 Å². The van der Waals surface area contributed by atoms with Gasteiger partial charge in [0.1, 0.15) is 0 Å². The number of rotatable bonds is 7. The Bertz CT molecular complexity index is 642. The summed E-state index contributed by atoms with van der Waals surface area (Å²) in [6.07, 6.45) is 1.86. The smallest absolute Gasteiger partial charge is 0.315 e. The Morgan fingerprint density at radius 1 is 1.35 bits per heavy atom. The van der Waals surface area contributed by atoms with Crippen molar-refractivity contribution in [3.8, 4) is 0 Å². The van der Waals surface area contributed by atoms with Crippen LogP contribution < -0.4 is 10.6 Å². The molecule has 1 aromatic carbocycles. The fourth-order valence-corrected chi connectivity index (χ4v) is 3.37. The van der Waals surface area contributed by atoms with Crippen LogP contribution in [0.4, 0.5) is 4.79 Å². The van der Waals surface area contributed by atoms with Gasteiger partial charge in [0.25, 0.3) is 0 Å². The van der Waals surface area contributed by atoms with Gasteiger partial charge in [0.15, 0.2) is 0 Å². The van der Waals surface area contributed by atoms with Crippen molar-refractivity contribution in [1.82, 2.24) is 15.6 Å². The van der Waals surface area contributed by atoms with Gasteiger partial charge in [-0.05, 0) is 30.5 Å². The Balaban J connectivity index is 1.63. The molecule has 0 unspecified atom stereocenters. The Labute approximate surface area is 149 Å². The number of hydrogen-bond acceptors (Lipinski definition) is 3. The molecule has 1 heterocycles. The lowest BCUT2D eigenvalue weighted by atomic mass is 10.1. The molecule has 124 valence electrons. The zero-order valence-corrected chi connectivity index (χ0v) is 15.8. The molecule has 0 atom stereocenters. The lowest BCUT2D eigenvalue weighted by Crippen LogP contribution is -2.35. The Kier molecular flexibility index (Phi) is 7.05. The van der Waals surface area contributed by atoms with Crippen LogP contribution in [0.1, 0.15) is 42.5 Å². The van der Waals surface area contributed by atoms with Crippen molar-refractivity contribution in [2.45, 2.75) is 39.2 Å². The number of carbonyl (C=O) groups excluding carboxylic acids is 1. The number of aryl methyl sites for hydroxylation is 1. The molecule has 0 saturated heterocycles. The summed E-state index contributed by atoms with van der Waals surface area (Å²) < 4.78 is 1.09. The van der Waals surface area contributed by atoms with Crippen molar-refractivity contribution in [3.63, 3.8) is 0 Å². The second kappa shape index (κ2) is 9.03. The molecule has 0 aliphatic rings. The molecule has 6 heteroatoms. The number of amides is 2. The first-order valence-corrected chi connectivity index (χ1v) is 9.42. The third-order valence-corrected chi connectivity index (χ3v) is 5.00. The predicted octanol–water partition coefficient (Wildman–Crippen LogP) is 4.46. The molecule has 23 heavy (non-hydrogen) atoms. The van der Waals surface area contributed by atoms with Crippen LogP contribution in [-0.4, -0.2) is 17.6 Å². The second-order valence-corrected chi connectivity index (χ2v) is 7.48. The van der Waals surface area contributed by atoms with E-state index in [0.29, 0.717) is 19.0 Å². The van der Waals surface area contributed by atoms with Crippen molar-refractivity contribution in [1.29, 1.82) is 0 Å². The molecule has 2 amide bonds. The summed E-state index contributed by atoms with van der Waals surface area (Å²) in [4.78, 5) is 16.3. The van der Waals surface area contributed by atoms with Gasteiger partial charge in [-0.15, -0.1) is 11.3 Å². The van der Waals surface area contributed by atoms with E-state index in [1.807, 2.05) is 17.5 Å². The molecule has 0 bridgehead atoms. The van der Waals surface area contributed by atoms with Crippen LogP contribution in [0.15, 0.2) is 34.1 Å². The van der Waals surface area contributed by atoms with Gasteiger partial charge in [-0.1, -0.05) is 41.9 Å². The van der Waals surface area contributed by atoms with E-state index in [4.69, 9.17) is 0 Å². The molecule has 0 aliphatic carbocycles. The summed E-state index contributed by atoms with van der Waals surface area (Å²) in [5.41, 5.74) is 2.19. The first-order valence-electron chi connectivity index (χ1n) is 7.75. The van der Waals surface area contributed by atoms with E-state index in [1.54, 1.807) is 11.3 Å². The van der Waals surface area contributed by atoms with E-state index in [2.05, 4.69) is 57.5 Å². The summed E-state index contributed by atoms with van der Waals surface area (Å²) in [6, 6.07) is 8.10. The van der Waals surface area contributed by atoms with Crippen molar-refractivity contribution < 1.29 is 4.79 Å². The maximum atomic E-state index is 11.8. The summed E-state index contributed by atoms with van der Waals surface area (Å²) in [6.45, 7) is 5.37. The molecule has 1 aromatic heterocycles. The minimum absolute atomic E-state index is 0.140. The van der Waals surface area contributed by atoms with Gasteiger partial charge in [-0.25, -0.2) is 9.78 Å². The van der Waals surface area contributed by atoms with E-state index in [1.165, 1.54) is 5.56 Å². The Hall–Kier alpha value is -1.40. The first-order chi connectivity index (χ1) is 11.0. The third kappa shape index (κ3) is 6.31. The standard InChI is InChI=1S/C17H22BrN3OS/c1-12(2)16-21-15(11-23-16)10-20-17(22)19-8-4-6-13-5-3-7-14(18)9-13/h3,5,7,9,11-12H,4,6,8,10H2,1-2H3,(H2,19,20,22). The highest BCUT2D eigenvalue weighted by atomic mass is 79.9. The summed E-state index contributed by atoms with van der Waals surface area (Å²) >= 11 is 5.11. The monoisotopic (exact) mass is 395 g/mol. The van der Waals surface area contributed by atoms with Crippen LogP contribution in [0.25, 0.3) is 0 Å². The van der Waals surface area contributed by atoms with Crippen LogP contribution in [0, 0.1) is 0 Å². The topological polar surface area (TPSA) is 54.0 Å². The summed E-state index contributed by atoms with van der Waals surface area (Å²) in [5, 5.41) is 8.84. The molecular formula is C17H22BrN3OS. The zero-order valence-electron chi connectivity index (χ0n) is 13.4. The maximum absolute atomic E-state index is 11.8. The number of nitrogens with zero attached hydrogens (tertiary/aromatic N) is 1. The zero-order chi connectivity index (χ0) is 16.7. The highest BCUT2D eigenvalue weighted by Gasteiger charge is 2.07. The van der Waals surface area contributed by atoms with Crippen molar-refractivity contribution >= 4 is 33.3 Å². The molecule has 0 spiro atoms. The molecule has 0 saturated carbocycles. The van der Waals surface area contributed by atoms with E-state index in [9.17, 15) is 4.79 Å². The highest BCUT2D eigenvalue weighted by molar-refractivity contribution is 9.10. The van der Waals surface area contributed by atoms with E-state index >= 15 is 0 Å². The van der Waals surface area contributed by atoms with Gasteiger partial charge in [-0.3, -0.25) is 0 Å². The second-order valence-electron chi connectivity index (χ2n) is 5.67. The predicted molar refractivity (Wildman–Crippen MR) is 98.9 cm³/mol. The van der Waals surface area contributed by atoms with Gasteiger partial charge in [0, 0.05) is 22.3 Å². The highest BCUT2D eigenvalue weighted by Crippen LogP contribution is 2.18. The van der Waals surface area contributed by atoms with Crippen LogP contribution >= 0.6 is 27.3 Å². The normalized spacial score (nSPS) is 10.8. The Morgan fingerprint density at radius 2 is 2.17 bits per heavy atom. The van der Waals surface area contributed by atoms with E-state index < -0.39 is 0 Å². The fourth-order valence-electron chi connectivity index (χ4n) is 2.09. The van der Waals surface area contributed by atoms with Crippen LogP contribution in [0.2, 0.25) is 0 Å². The SMILES string of the molecule is CC(C)c1nc(CNC(=O)NCCCc2cccc(Br)c2)cs1. The largest absolute Gasteiger partial charge is 0.338 e. The molecule has 2 N–H and O–H groups in total. The summed E-state index contributed by atoms with van der Waals surface area (Å²) in [5.74, 6) is 0.431. The molecule has 4 nitrogen and oxygen atoms in total. The van der Waals surface area contributed by atoms with Gasteiger partial charge in [-0.2, -0.15) is 0 Å². The number of aromatic nitrogens is 1. The van der Waals surface area contributed by atoms with Crippen LogP contribution in [0.3, 0.4) is 0 Å². The van der Waals surface area contributed by atoms with E-state index in [-0.39, 0.29) is 6.03 Å². The number of hydrogen-bond donors (Lipinski definition) is 2. The Morgan fingerprint density at radius 3 is 2.87 bits per heavy atom. The van der Waals surface area contributed by atoms with Crippen LogP contribution in [-0.2, 0) is 13.0 Å². The average molecular weight is 396 g/mol. The van der Waals surface area contributed by atoms with Crippen molar-refractivity contribution in [2.24, 2.45) is 0 Å². The van der Waals surface area contributed by atoms with Gasteiger partial charge < -0.3 is 10.6 Å². The minimum Gasteiger partial charge on any atom is -0.338 e. The molecule has 2 aromatic rings. The van der Waals surface area contributed by atoms with E-state index in [0.717, 1.165) is 28.0 Å². The van der Waals surface area contributed by atoms with Gasteiger partial charge >= 0.3 is 6.03 Å². The number of thiazole rings is 1. The molecule has 0 aliphatic heterocycles. The van der Waals surface area contributed by atoms with Gasteiger partial charge in [0.05, 0.1) is 17.2 Å². The lowest BCUT2D eigenvalue weighted by molar-refractivity contribution is 0.240. The number of urea groups is 1. The quantitative estimate of drug-likeness (QED) is 0.679. The number of carbonyl (C=O) groups is 1. The first kappa shape index (κ1) is 17.9. The van der Waals surface area contributed by atoms with Crippen molar-refractivity contribution in [2.75, 3.05) is 6.54 Å². The maximum Gasteiger partial charge on any atom is 0.315 e. The van der Waals surface area contributed by atoms with Gasteiger partial charge in [0.2, 0.25) is 0 Å². The third-order valence-electron chi connectivity index (χ3n) is 3.31. The molecule has 0 fully saturated rings. The average Bonchev–Trinajstić information content (AvgIpc) is 2.99. The number of nitrogens with one attached hydrogen (secondary N) is 2. The lowest BCUT2D eigenvalue weighted by Gasteiger charge is -2.07. The minimum atomic E-state index is -0.140. The molecular weight excluding hydrogens is 374 g/mol. The number of benzene rings is 1. The summed E-state index contributed by atoms with van der Waals surface area (Å²) in [7, 11) is 0. The molecule has 2 rings (SSSR count). The molecule has 0 radical (unpaired) electrons. The fraction of sp³-hybridized carbons (Fsp3) is 0.412. The number of halogens is 1.